The number of hydrogen-bond donors (Lipinski definition) is 5. The van der Waals surface area contributed by atoms with Crippen molar-refractivity contribution < 1.29 is 84.5 Å². The van der Waals surface area contributed by atoms with Crippen molar-refractivity contribution in [1.29, 1.82) is 0 Å². The third-order valence-electron chi connectivity index (χ3n) is 12.3. The number of nitrogens with one attached hydrogen (secondary N) is 3. The molecule has 6 heterocycles. The van der Waals surface area contributed by atoms with Crippen LogP contribution in [0, 0.1) is 5.92 Å². The quantitative estimate of drug-likeness (QED) is 0.0938. The van der Waals surface area contributed by atoms with Crippen LogP contribution in [0.5, 0.6) is 0 Å². The topological polar surface area (TPSA) is 352 Å². The van der Waals surface area contributed by atoms with Gasteiger partial charge in [-0.3, -0.25) is 42.8 Å². The fourth-order valence-electron chi connectivity index (χ4n) is 9.26. The molecule has 1 amide bonds. The Hall–Kier alpha value is -4.56. The highest BCUT2D eigenvalue weighted by Gasteiger charge is 2.71. The average molecular weight is 1140 g/mol. The first kappa shape index (κ1) is 63.3. The number of hydrogen-bond acceptors (Lipinski definition) is 21. The number of amides is 1. The predicted molar refractivity (Wildman–Crippen MR) is 271 cm³/mol. The Kier molecular flexibility index (Phi) is 22.2. The summed E-state index contributed by atoms with van der Waals surface area (Å²) in [6, 6.07) is 2.39. The Balaban J connectivity index is 0.000000213. The van der Waals surface area contributed by atoms with Crippen LogP contribution in [-0.2, 0) is 76.1 Å². The first-order valence-electron chi connectivity index (χ1n) is 24.5. The molecule has 1 aliphatic carbocycles. The van der Waals surface area contributed by atoms with Crippen molar-refractivity contribution in [2.45, 2.75) is 146 Å². The van der Waals surface area contributed by atoms with Crippen molar-refractivity contribution in [3.63, 3.8) is 0 Å². The lowest BCUT2D eigenvalue weighted by atomic mass is 10.1. The van der Waals surface area contributed by atoms with E-state index in [-0.39, 0.29) is 62.1 Å². The minimum absolute atomic E-state index is 0.0168. The molecular weight excluding hydrogens is 1060 g/mol. The maximum Gasteiger partial charge on any atom is 0.330 e. The summed E-state index contributed by atoms with van der Waals surface area (Å²) in [6.07, 6.45) is -0.353. The third kappa shape index (κ3) is 17.0. The van der Waals surface area contributed by atoms with Gasteiger partial charge in [-0.15, -0.1) is 0 Å². The zero-order valence-electron chi connectivity index (χ0n) is 44.8. The molecule has 28 nitrogen and oxygen atoms in total. The molecule has 434 valence electrons. The highest BCUT2D eigenvalue weighted by atomic mass is 32.2. The summed E-state index contributed by atoms with van der Waals surface area (Å²) in [5, 5.41) is 2.63. The van der Waals surface area contributed by atoms with E-state index in [1.54, 1.807) is 18.2 Å². The molecule has 0 aromatic carbocycles. The molecule has 77 heavy (non-hydrogen) atoms. The van der Waals surface area contributed by atoms with Crippen LogP contribution in [0.15, 0.2) is 68.4 Å². The zero-order chi connectivity index (χ0) is 57.3. The summed E-state index contributed by atoms with van der Waals surface area (Å²) in [4.78, 5) is 94.0. The van der Waals surface area contributed by atoms with E-state index in [2.05, 4.69) is 21.9 Å². The van der Waals surface area contributed by atoms with Gasteiger partial charge in [-0.25, -0.2) is 18.0 Å². The average Bonchev–Trinajstić information content (AvgIpc) is 3.55. The second-order valence-corrected chi connectivity index (χ2v) is 23.5. The first-order valence-corrected chi connectivity index (χ1v) is 28.4. The number of sulfone groups is 1. The molecule has 30 heteroatoms. The van der Waals surface area contributed by atoms with E-state index in [0.29, 0.717) is 12.2 Å². The van der Waals surface area contributed by atoms with Crippen LogP contribution < -0.4 is 27.8 Å². The Morgan fingerprint density at radius 2 is 1.27 bits per heavy atom. The van der Waals surface area contributed by atoms with Crippen molar-refractivity contribution >= 4 is 29.1 Å². The summed E-state index contributed by atoms with van der Waals surface area (Å²) in [5.74, 6) is -0.776. The molecule has 1 unspecified atom stereocenters. The van der Waals surface area contributed by atoms with E-state index in [1.807, 2.05) is 41.5 Å². The van der Waals surface area contributed by atoms with Crippen LogP contribution in [0.1, 0.15) is 67.3 Å². The lowest BCUT2D eigenvalue weighted by molar-refractivity contribution is -0.126. The van der Waals surface area contributed by atoms with Gasteiger partial charge in [0, 0.05) is 70.3 Å². The molecule has 13 atom stereocenters. The third-order valence-corrected chi connectivity index (χ3v) is 13.8. The van der Waals surface area contributed by atoms with Gasteiger partial charge in [0.15, 0.2) is 34.3 Å². The van der Waals surface area contributed by atoms with Gasteiger partial charge in [-0.1, -0.05) is 6.58 Å². The standard InChI is InChI=1S/C17H26N2O6.C15H23N2O8P.C15H24N2O8S/c1-10(2)24-15-13(9-23-8-11(3)20)25-17(16(15)22-5)19-7-6-14(21)18-12(19)4;1-8(2)24-12-11(23-3)13(17-5-4-10(18)16-14(17)19)25-15(12)6-9(15)7-26(20,21)22;1-9(2)24-12-10(7-23-8-26(4,20)21)25-14(13(12)22-3)17-6-5-11(18)16-15(17)19/h6-7,10,13,15-17H,4,8-9H2,1-3,5H3,(H,18,21);4-5,8-9,11-13H,6-7H2,1-3H3,(H,16,18,19)(H2,20,21,22);5-6,9-10,12-14H,7-8H2,1-4H3,(H,16,18,19)/t13-,15-,16-,17-;9?,11-,12+,13-,15-;10-,12-,13-,14-/m111/s1. The van der Waals surface area contributed by atoms with Crippen molar-refractivity contribution in [1.82, 2.24) is 29.3 Å². The Labute approximate surface area is 444 Å². The highest BCUT2D eigenvalue weighted by molar-refractivity contribution is 7.90. The Morgan fingerprint density at radius 1 is 0.779 bits per heavy atom. The molecule has 5 aliphatic rings. The second-order valence-electron chi connectivity index (χ2n) is 19.7. The van der Waals surface area contributed by atoms with Gasteiger partial charge in [0.25, 0.3) is 17.0 Å². The second kappa shape index (κ2) is 27.1. The molecule has 1 saturated carbocycles. The molecule has 1 spiro atoms. The molecule has 2 aromatic heterocycles. The summed E-state index contributed by atoms with van der Waals surface area (Å²) in [5.41, 5.74) is -3.30. The van der Waals surface area contributed by atoms with Gasteiger partial charge < -0.3 is 72.1 Å². The number of ketones is 1. The van der Waals surface area contributed by atoms with Gasteiger partial charge in [-0.2, -0.15) is 0 Å². The lowest BCUT2D eigenvalue weighted by Crippen LogP contribution is -2.48. The maximum absolute atomic E-state index is 12.2. The number of H-pyrrole nitrogens is 2. The molecule has 4 aliphatic heterocycles. The van der Waals surface area contributed by atoms with Crippen molar-refractivity contribution in [2.24, 2.45) is 5.92 Å². The number of rotatable bonds is 22. The summed E-state index contributed by atoms with van der Waals surface area (Å²) < 4.78 is 99.4. The summed E-state index contributed by atoms with van der Waals surface area (Å²) in [7, 11) is -3.04. The largest absolute Gasteiger partial charge is 0.374 e. The first-order chi connectivity index (χ1) is 36.0. The molecular formula is C47H73N6O22PS. The van der Waals surface area contributed by atoms with E-state index in [9.17, 15) is 51.5 Å². The van der Waals surface area contributed by atoms with E-state index >= 15 is 0 Å². The Bertz CT molecular complexity index is 2780. The fourth-order valence-corrected chi connectivity index (χ4v) is 10.7. The number of nitrogens with zero attached hydrogens (tertiary/aromatic N) is 3. The number of carbonyl (C=O) groups is 2. The SMILES string of the molecule is C=C1NC(=O)C=CN1[C@@H]1O[C@H](COCC(C)=O)[C@@H](OC(C)C)[C@H]1OC.CO[C@@H]1[C@H](OC(C)C)[C@@H](COCS(C)(=O)=O)O[C@H]1n1ccc(=O)[nH]c1=O.CO[C@H]1[C@H](n2ccc(=O)[nH]c2=O)O[C@@]2(CC2CP(=O)(O)O)[C@H]1OC(C)C. The van der Waals surface area contributed by atoms with Crippen molar-refractivity contribution in [2.75, 3.05) is 59.5 Å². The van der Waals surface area contributed by atoms with Crippen LogP contribution in [0.4, 0.5) is 0 Å². The van der Waals surface area contributed by atoms with E-state index in [4.69, 9.17) is 52.1 Å². The number of methoxy groups -OCH3 is 3. The van der Waals surface area contributed by atoms with Crippen LogP contribution in [0.3, 0.4) is 0 Å². The minimum Gasteiger partial charge on any atom is -0.374 e. The molecule has 4 fully saturated rings. The molecule has 5 N–H and O–H groups in total. The van der Waals surface area contributed by atoms with Crippen LogP contribution in [0.2, 0.25) is 0 Å². The van der Waals surface area contributed by atoms with Gasteiger partial charge in [-0.05, 0) is 54.9 Å². The summed E-state index contributed by atoms with van der Waals surface area (Å²) in [6.45, 7) is 16.6. The molecule has 0 radical (unpaired) electrons. The van der Waals surface area contributed by atoms with Gasteiger partial charge in [0.1, 0.15) is 72.8 Å². The number of ether oxygens (including phenoxy) is 11. The van der Waals surface area contributed by atoms with Gasteiger partial charge in [0.05, 0.1) is 37.7 Å². The van der Waals surface area contributed by atoms with E-state index in [1.165, 1.54) is 60.9 Å². The van der Waals surface area contributed by atoms with Gasteiger partial charge in [0.2, 0.25) is 0 Å². The minimum atomic E-state index is -4.23. The maximum atomic E-state index is 12.2. The molecule has 0 bridgehead atoms. The molecule has 3 saturated heterocycles. The zero-order valence-corrected chi connectivity index (χ0v) is 46.5. The summed E-state index contributed by atoms with van der Waals surface area (Å²) >= 11 is 0. The predicted octanol–water partition coefficient (Wildman–Crippen LogP) is -0.386. The van der Waals surface area contributed by atoms with Gasteiger partial charge >= 0.3 is 19.0 Å². The smallest absolute Gasteiger partial charge is 0.330 e. The van der Waals surface area contributed by atoms with Crippen molar-refractivity contribution in [3.8, 4) is 0 Å². The lowest BCUT2D eigenvalue weighted by Gasteiger charge is -2.34. The van der Waals surface area contributed by atoms with Crippen LogP contribution in [-0.4, -0.2) is 192 Å². The number of Topliss-reactive ketones (excluding diaryl/α,β-unsaturated/α-hetero) is 1. The van der Waals surface area contributed by atoms with E-state index < -0.39 is 119 Å². The van der Waals surface area contributed by atoms with Crippen molar-refractivity contribution in [3.05, 3.63) is 90.9 Å². The molecule has 7 rings (SSSR count). The van der Waals surface area contributed by atoms with E-state index in [0.717, 1.165) is 6.26 Å². The van der Waals surface area contributed by atoms with Crippen LogP contribution in [0.25, 0.3) is 0 Å². The fraction of sp³-hybridized carbons (Fsp3) is 0.702. The number of aromatic amines is 2. The van der Waals surface area contributed by atoms with Crippen LogP contribution >= 0.6 is 7.60 Å². The normalized spacial score (nSPS) is 29.9. The number of carbonyl (C=O) groups excluding carboxylic acids is 2. The highest BCUT2D eigenvalue weighted by Crippen LogP contribution is 2.62. The number of aromatic nitrogens is 4. The Morgan fingerprint density at radius 3 is 1.73 bits per heavy atom. The molecule has 2 aromatic rings. The monoisotopic (exact) mass is 1140 g/mol.